The van der Waals surface area contributed by atoms with E-state index in [1.54, 1.807) is 0 Å². The van der Waals surface area contributed by atoms with Crippen LogP contribution >= 0.6 is 0 Å². The van der Waals surface area contributed by atoms with E-state index in [1.165, 1.54) is 10.5 Å². The predicted octanol–water partition coefficient (Wildman–Crippen LogP) is 1.08. The minimum Gasteiger partial charge on any atom is -0.280 e. The molecule has 120 valence electrons. The number of sulfone groups is 1. The molecule has 0 saturated carbocycles. The van der Waals surface area contributed by atoms with Crippen LogP contribution in [0.15, 0.2) is 11.1 Å². The normalized spacial score (nSPS) is 21.5. The Morgan fingerprint density at radius 1 is 1.33 bits per heavy atom. The fourth-order valence-electron chi connectivity index (χ4n) is 2.72. The Labute approximate surface area is 125 Å². The van der Waals surface area contributed by atoms with Crippen LogP contribution in [-0.2, 0) is 19.9 Å². The molecular weight excluding hydrogens is 314 g/mol. The molecule has 1 aromatic rings. The van der Waals surface area contributed by atoms with Crippen LogP contribution in [0.3, 0.4) is 0 Å². The Hall–Kier alpha value is -0.930. The number of rotatable bonds is 5. The van der Waals surface area contributed by atoms with Crippen LogP contribution in [0, 0.1) is 0 Å². The Balaban J connectivity index is 2.43. The molecule has 1 aliphatic rings. The molecule has 9 heteroatoms. The quantitative estimate of drug-likeness (QED) is 0.868. The van der Waals surface area contributed by atoms with E-state index in [2.05, 4.69) is 10.2 Å². The summed E-state index contributed by atoms with van der Waals surface area (Å²) in [5.74, 6) is 0.0752. The summed E-state index contributed by atoms with van der Waals surface area (Å²) in [6, 6.07) is -0.470. The van der Waals surface area contributed by atoms with E-state index in [1.807, 2.05) is 6.92 Å². The van der Waals surface area contributed by atoms with Gasteiger partial charge in [0.15, 0.2) is 9.84 Å². The van der Waals surface area contributed by atoms with Gasteiger partial charge in [-0.2, -0.15) is 9.40 Å². The number of hydrogen-bond acceptors (Lipinski definition) is 5. The van der Waals surface area contributed by atoms with E-state index in [0.717, 1.165) is 19.1 Å². The summed E-state index contributed by atoms with van der Waals surface area (Å²) in [6.45, 7) is 2.24. The van der Waals surface area contributed by atoms with Crippen LogP contribution in [0.1, 0.15) is 44.3 Å². The zero-order chi connectivity index (χ0) is 15.7. The van der Waals surface area contributed by atoms with Crippen molar-refractivity contribution in [2.24, 2.45) is 0 Å². The highest BCUT2D eigenvalue weighted by Crippen LogP contribution is 2.35. The molecule has 0 spiro atoms. The van der Waals surface area contributed by atoms with Crippen LogP contribution < -0.4 is 0 Å². The van der Waals surface area contributed by atoms with Gasteiger partial charge in [0.05, 0.1) is 23.7 Å². The van der Waals surface area contributed by atoms with E-state index < -0.39 is 25.9 Å². The van der Waals surface area contributed by atoms with Gasteiger partial charge in [0.25, 0.3) is 0 Å². The zero-order valence-corrected chi connectivity index (χ0v) is 13.9. The molecule has 1 aromatic heterocycles. The Bertz CT molecular complexity index is 694. The summed E-state index contributed by atoms with van der Waals surface area (Å²) in [7, 11) is -6.82. The number of aromatic nitrogens is 2. The minimum absolute atomic E-state index is 0.0752. The van der Waals surface area contributed by atoms with Crippen LogP contribution in [-0.4, -0.2) is 49.9 Å². The first kappa shape index (κ1) is 16.4. The number of H-pyrrole nitrogens is 1. The summed E-state index contributed by atoms with van der Waals surface area (Å²) < 4.78 is 49.8. The predicted molar refractivity (Wildman–Crippen MR) is 79.1 cm³/mol. The minimum atomic E-state index is -3.44. The van der Waals surface area contributed by atoms with E-state index in [-0.39, 0.29) is 10.6 Å². The third kappa shape index (κ3) is 3.46. The third-order valence-electron chi connectivity index (χ3n) is 3.64. The maximum atomic E-state index is 12.4. The van der Waals surface area contributed by atoms with E-state index >= 15 is 0 Å². The van der Waals surface area contributed by atoms with Gasteiger partial charge in [0.1, 0.15) is 4.90 Å². The molecule has 1 N–H and O–H groups in total. The molecule has 0 amide bonds. The molecule has 21 heavy (non-hydrogen) atoms. The molecule has 0 bridgehead atoms. The second-order valence-electron chi connectivity index (χ2n) is 5.36. The monoisotopic (exact) mass is 335 g/mol. The number of piperidine rings is 1. The lowest BCUT2D eigenvalue weighted by molar-refractivity contribution is 0.248. The van der Waals surface area contributed by atoms with E-state index in [4.69, 9.17) is 0 Å². The van der Waals surface area contributed by atoms with Crippen LogP contribution in [0.25, 0.3) is 0 Å². The molecule has 0 aromatic carbocycles. The number of aromatic amines is 1. The highest BCUT2D eigenvalue weighted by molar-refractivity contribution is 7.90. The summed E-state index contributed by atoms with van der Waals surface area (Å²) in [4.78, 5) is 0.0890. The molecule has 7 nitrogen and oxygen atoms in total. The number of nitrogens with one attached hydrogen (secondary N) is 1. The second-order valence-corrected chi connectivity index (χ2v) is 9.38. The van der Waals surface area contributed by atoms with Gasteiger partial charge >= 0.3 is 0 Å². The van der Waals surface area contributed by atoms with Crippen LogP contribution in [0.4, 0.5) is 0 Å². The van der Waals surface area contributed by atoms with Crippen LogP contribution in [0.2, 0.25) is 0 Å². The molecule has 1 atom stereocenters. The van der Waals surface area contributed by atoms with E-state index in [0.29, 0.717) is 25.1 Å². The molecule has 0 radical (unpaired) electrons. The van der Waals surface area contributed by atoms with Gasteiger partial charge in [-0.3, -0.25) is 5.10 Å². The first-order chi connectivity index (χ1) is 9.77. The van der Waals surface area contributed by atoms with Gasteiger partial charge in [-0.1, -0.05) is 13.3 Å². The molecule has 0 aliphatic carbocycles. The average Bonchev–Trinajstić information content (AvgIpc) is 2.87. The fraction of sp³-hybridized carbons (Fsp3) is 0.750. The third-order valence-corrected chi connectivity index (χ3v) is 6.84. The van der Waals surface area contributed by atoms with Gasteiger partial charge in [0.2, 0.25) is 10.0 Å². The summed E-state index contributed by atoms with van der Waals surface area (Å²) in [5.41, 5.74) is 0.386. The van der Waals surface area contributed by atoms with Crippen molar-refractivity contribution in [2.75, 3.05) is 18.6 Å². The van der Waals surface area contributed by atoms with Crippen LogP contribution in [0.5, 0.6) is 0 Å². The number of sulfonamides is 1. The molecule has 2 rings (SSSR count). The maximum absolute atomic E-state index is 12.4. The maximum Gasteiger partial charge on any atom is 0.214 e. The molecular formula is C12H21N3O4S2. The molecule has 0 unspecified atom stereocenters. The largest absolute Gasteiger partial charge is 0.280 e. The van der Waals surface area contributed by atoms with Crippen molar-refractivity contribution in [1.82, 2.24) is 14.5 Å². The molecule has 1 fully saturated rings. The topological polar surface area (TPSA) is 100 Å². The lowest BCUT2D eigenvalue weighted by atomic mass is 10.0. The van der Waals surface area contributed by atoms with Gasteiger partial charge in [-0.25, -0.2) is 16.8 Å². The van der Waals surface area contributed by atoms with Crippen molar-refractivity contribution < 1.29 is 16.8 Å². The zero-order valence-electron chi connectivity index (χ0n) is 12.2. The summed E-state index contributed by atoms with van der Waals surface area (Å²) in [5, 5.41) is 6.49. The fourth-order valence-corrected chi connectivity index (χ4v) is 5.30. The van der Waals surface area contributed by atoms with Crippen molar-refractivity contribution in [3.8, 4) is 0 Å². The average molecular weight is 335 g/mol. The highest BCUT2D eigenvalue weighted by atomic mass is 32.2. The second kappa shape index (κ2) is 6.05. The summed E-state index contributed by atoms with van der Waals surface area (Å²) >= 11 is 0. The molecule has 1 saturated heterocycles. The van der Waals surface area contributed by atoms with Crippen molar-refractivity contribution >= 4 is 19.9 Å². The first-order valence-corrected chi connectivity index (χ1v) is 10.5. The molecule has 2 heterocycles. The highest BCUT2D eigenvalue weighted by Gasteiger charge is 2.36. The van der Waals surface area contributed by atoms with Gasteiger partial charge in [0, 0.05) is 12.8 Å². The van der Waals surface area contributed by atoms with Crippen molar-refractivity contribution in [3.05, 3.63) is 11.9 Å². The van der Waals surface area contributed by atoms with E-state index in [9.17, 15) is 16.8 Å². The van der Waals surface area contributed by atoms with Gasteiger partial charge < -0.3 is 0 Å². The lowest BCUT2D eigenvalue weighted by Crippen LogP contribution is -2.40. The number of hydrogen-bond donors (Lipinski definition) is 1. The first-order valence-electron chi connectivity index (χ1n) is 7.00. The Morgan fingerprint density at radius 3 is 2.67 bits per heavy atom. The molecule has 1 aliphatic heterocycles. The van der Waals surface area contributed by atoms with Crippen molar-refractivity contribution in [1.29, 1.82) is 0 Å². The SMILES string of the molecule is CCCS(=O)(=O)N1CCCC[C@H]1c1[nH]ncc1S(C)(=O)=O. The number of nitrogens with zero attached hydrogens (tertiary/aromatic N) is 2. The van der Waals surface area contributed by atoms with Gasteiger partial charge in [-0.05, 0) is 19.3 Å². The Morgan fingerprint density at radius 2 is 2.05 bits per heavy atom. The Kier molecular flexibility index (Phi) is 4.74. The standard InChI is InChI=1S/C12H21N3O4S2/c1-3-8-21(18,19)15-7-5-4-6-10(15)12-11(9-13-14-12)20(2,16)17/h9-10H,3-8H2,1-2H3,(H,13,14)/t10-/m0/s1. The van der Waals surface area contributed by atoms with Crippen molar-refractivity contribution in [3.63, 3.8) is 0 Å². The lowest BCUT2D eigenvalue weighted by Gasteiger charge is -2.34. The smallest absolute Gasteiger partial charge is 0.214 e. The van der Waals surface area contributed by atoms with Crippen molar-refractivity contribution in [2.45, 2.75) is 43.5 Å². The van der Waals surface area contributed by atoms with Gasteiger partial charge in [-0.15, -0.1) is 0 Å². The summed E-state index contributed by atoms with van der Waals surface area (Å²) in [6.07, 6.45) is 5.16.